The van der Waals surface area contributed by atoms with E-state index in [1.807, 2.05) is 0 Å². The number of hydrogen-bond acceptors (Lipinski definition) is 3. The van der Waals surface area contributed by atoms with Gasteiger partial charge in [0.05, 0.1) is 12.6 Å². The van der Waals surface area contributed by atoms with Gasteiger partial charge in [0.25, 0.3) is 0 Å². The molecule has 0 spiro atoms. The van der Waals surface area contributed by atoms with E-state index in [0.29, 0.717) is 6.07 Å². The molecule has 2 aromatic rings. The second kappa shape index (κ2) is 3.76. The molecule has 0 atom stereocenters. The topological polar surface area (TPSA) is 55.0 Å². The predicted molar refractivity (Wildman–Crippen MR) is 53.9 cm³/mol. The fourth-order valence-corrected chi connectivity index (χ4v) is 1.38. The van der Waals surface area contributed by atoms with Crippen LogP contribution in [0.25, 0.3) is 11.0 Å². The Bertz CT molecular complexity index is 619. The Labute approximate surface area is 93.1 Å². The lowest BCUT2D eigenvalue weighted by Crippen LogP contribution is -2.14. The van der Waals surface area contributed by atoms with Crippen molar-refractivity contribution in [2.24, 2.45) is 0 Å². The molecule has 0 saturated carbocycles. The second-order valence-electron chi connectivity index (χ2n) is 3.29. The number of rotatable bonds is 1. The van der Waals surface area contributed by atoms with Gasteiger partial charge in [0.15, 0.2) is 0 Å². The van der Waals surface area contributed by atoms with Gasteiger partial charge in [-0.25, -0.2) is 4.98 Å². The summed E-state index contributed by atoms with van der Waals surface area (Å²) in [4.78, 5) is 17.4. The minimum absolute atomic E-state index is 0.0191. The molecule has 2 heterocycles. The first-order chi connectivity index (χ1) is 7.91. The molecular formula is C10H7F3N2O2. The molecule has 0 aliphatic rings. The number of ether oxygens (including phenoxy) is 1. The van der Waals surface area contributed by atoms with Gasteiger partial charge in [-0.2, -0.15) is 13.2 Å². The molecular weight excluding hydrogens is 237 g/mol. The first-order valence-corrected chi connectivity index (χ1v) is 4.57. The number of halogens is 3. The summed E-state index contributed by atoms with van der Waals surface area (Å²) < 4.78 is 42.1. The summed E-state index contributed by atoms with van der Waals surface area (Å²) in [5.41, 5.74) is -1.96. The Morgan fingerprint density at radius 3 is 2.65 bits per heavy atom. The monoisotopic (exact) mass is 244 g/mol. The highest BCUT2D eigenvalue weighted by Crippen LogP contribution is 2.27. The fraction of sp³-hybridized carbons (Fsp3) is 0.200. The number of methoxy groups -OCH3 is 1. The van der Waals surface area contributed by atoms with E-state index in [4.69, 9.17) is 4.74 Å². The summed E-state index contributed by atoms with van der Waals surface area (Å²) in [7, 11) is 1.35. The molecule has 17 heavy (non-hydrogen) atoms. The summed E-state index contributed by atoms with van der Waals surface area (Å²) in [6.07, 6.45) is -4.59. The van der Waals surface area contributed by atoms with Crippen molar-refractivity contribution in [3.63, 3.8) is 0 Å². The Kier molecular flexibility index (Phi) is 2.53. The van der Waals surface area contributed by atoms with Crippen molar-refractivity contribution in [3.05, 3.63) is 34.1 Å². The normalized spacial score (nSPS) is 11.8. The van der Waals surface area contributed by atoms with Crippen LogP contribution in [0.2, 0.25) is 0 Å². The molecule has 0 bridgehead atoms. The van der Waals surface area contributed by atoms with Gasteiger partial charge in [-0.1, -0.05) is 0 Å². The minimum Gasteiger partial charge on any atom is -0.481 e. The number of pyridine rings is 2. The molecule has 2 rings (SSSR count). The average Bonchev–Trinajstić information content (AvgIpc) is 2.27. The van der Waals surface area contributed by atoms with Gasteiger partial charge < -0.3 is 9.72 Å². The van der Waals surface area contributed by atoms with Crippen LogP contribution in [0, 0.1) is 0 Å². The van der Waals surface area contributed by atoms with Gasteiger partial charge in [-0.05, 0) is 6.07 Å². The molecule has 0 aromatic carbocycles. The number of fused-ring (bicyclic) bond motifs is 1. The molecule has 0 aliphatic carbocycles. The summed E-state index contributed by atoms with van der Waals surface area (Å²) in [5.74, 6) is 0.169. The Morgan fingerprint density at radius 2 is 2.06 bits per heavy atom. The van der Waals surface area contributed by atoms with Crippen LogP contribution in [0.4, 0.5) is 13.2 Å². The summed E-state index contributed by atoms with van der Waals surface area (Å²) >= 11 is 0. The first-order valence-electron chi connectivity index (χ1n) is 4.57. The van der Waals surface area contributed by atoms with Crippen LogP contribution >= 0.6 is 0 Å². The van der Waals surface area contributed by atoms with Crippen LogP contribution in [-0.4, -0.2) is 17.1 Å². The third-order valence-electron chi connectivity index (χ3n) is 2.16. The third kappa shape index (κ3) is 2.08. The van der Waals surface area contributed by atoms with Gasteiger partial charge in [-0.3, -0.25) is 4.79 Å². The highest BCUT2D eigenvalue weighted by Gasteiger charge is 2.32. The number of nitrogens with zero attached hydrogens (tertiary/aromatic N) is 1. The highest BCUT2D eigenvalue weighted by molar-refractivity contribution is 5.74. The SMILES string of the molecule is COc1ccc2[nH]c(C(F)(F)F)cc(=O)c2n1. The standard InChI is InChI=1S/C10H7F3N2O2/c1-17-8-3-2-5-9(15-8)6(16)4-7(14-5)10(11,12)13/h2-4H,1H3,(H,14,16). The number of hydrogen-bond donors (Lipinski definition) is 1. The van der Waals surface area contributed by atoms with E-state index in [9.17, 15) is 18.0 Å². The van der Waals surface area contributed by atoms with Crippen LogP contribution in [0.1, 0.15) is 5.69 Å². The summed E-state index contributed by atoms with van der Waals surface area (Å²) in [5, 5.41) is 0. The van der Waals surface area contributed by atoms with E-state index in [-0.39, 0.29) is 16.9 Å². The lowest BCUT2D eigenvalue weighted by atomic mass is 10.2. The molecule has 0 amide bonds. The number of aromatic nitrogens is 2. The zero-order chi connectivity index (χ0) is 12.6. The first kappa shape index (κ1) is 11.4. The largest absolute Gasteiger partial charge is 0.481 e. The molecule has 0 fully saturated rings. The van der Waals surface area contributed by atoms with Crippen LogP contribution in [-0.2, 0) is 6.18 Å². The Morgan fingerprint density at radius 1 is 1.35 bits per heavy atom. The van der Waals surface area contributed by atoms with Crippen LogP contribution < -0.4 is 10.2 Å². The zero-order valence-electron chi connectivity index (χ0n) is 8.63. The minimum atomic E-state index is -4.59. The maximum atomic E-state index is 12.4. The van der Waals surface area contributed by atoms with E-state index in [2.05, 4.69) is 9.97 Å². The molecule has 0 unspecified atom stereocenters. The Hall–Kier alpha value is -2.05. The van der Waals surface area contributed by atoms with Crippen molar-refractivity contribution in [2.45, 2.75) is 6.18 Å². The number of aromatic amines is 1. The van der Waals surface area contributed by atoms with Gasteiger partial charge in [0.1, 0.15) is 11.2 Å². The molecule has 2 aromatic heterocycles. The predicted octanol–water partition coefficient (Wildman–Crippen LogP) is 1.95. The van der Waals surface area contributed by atoms with Crippen molar-refractivity contribution < 1.29 is 17.9 Å². The van der Waals surface area contributed by atoms with E-state index in [1.165, 1.54) is 19.2 Å². The van der Waals surface area contributed by atoms with Gasteiger partial charge in [0, 0.05) is 12.1 Å². The zero-order valence-corrected chi connectivity index (χ0v) is 8.63. The smallest absolute Gasteiger partial charge is 0.431 e. The molecule has 7 heteroatoms. The molecule has 0 aliphatic heterocycles. The van der Waals surface area contributed by atoms with Crippen molar-refractivity contribution in [1.29, 1.82) is 0 Å². The van der Waals surface area contributed by atoms with E-state index < -0.39 is 17.3 Å². The lowest BCUT2D eigenvalue weighted by Gasteiger charge is -2.07. The summed E-state index contributed by atoms with van der Waals surface area (Å²) in [6, 6.07) is 3.17. The van der Waals surface area contributed by atoms with Crippen molar-refractivity contribution in [1.82, 2.24) is 9.97 Å². The number of H-pyrrole nitrogens is 1. The summed E-state index contributed by atoms with van der Waals surface area (Å²) in [6.45, 7) is 0. The molecule has 0 radical (unpaired) electrons. The molecule has 1 N–H and O–H groups in total. The number of alkyl halides is 3. The van der Waals surface area contributed by atoms with E-state index >= 15 is 0 Å². The van der Waals surface area contributed by atoms with Crippen molar-refractivity contribution >= 4 is 11.0 Å². The fourth-order valence-electron chi connectivity index (χ4n) is 1.38. The van der Waals surface area contributed by atoms with Crippen LogP contribution in [0.15, 0.2) is 23.0 Å². The average molecular weight is 244 g/mol. The van der Waals surface area contributed by atoms with E-state index in [0.717, 1.165) is 0 Å². The van der Waals surface area contributed by atoms with Gasteiger partial charge in [0.2, 0.25) is 11.3 Å². The maximum Gasteiger partial charge on any atom is 0.431 e. The molecule has 4 nitrogen and oxygen atoms in total. The highest BCUT2D eigenvalue weighted by atomic mass is 19.4. The van der Waals surface area contributed by atoms with E-state index in [1.54, 1.807) is 0 Å². The second-order valence-corrected chi connectivity index (χ2v) is 3.29. The number of nitrogens with one attached hydrogen (secondary N) is 1. The quantitative estimate of drug-likeness (QED) is 0.834. The molecule has 0 saturated heterocycles. The third-order valence-corrected chi connectivity index (χ3v) is 2.16. The molecule has 90 valence electrons. The van der Waals surface area contributed by atoms with Crippen molar-refractivity contribution in [3.8, 4) is 5.88 Å². The van der Waals surface area contributed by atoms with Crippen molar-refractivity contribution in [2.75, 3.05) is 7.11 Å². The lowest BCUT2D eigenvalue weighted by molar-refractivity contribution is -0.141. The van der Waals surface area contributed by atoms with Gasteiger partial charge in [-0.15, -0.1) is 0 Å². The van der Waals surface area contributed by atoms with Gasteiger partial charge >= 0.3 is 6.18 Å². The Balaban J connectivity index is 2.73. The van der Waals surface area contributed by atoms with Crippen LogP contribution in [0.3, 0.4) is 0 Å². The van der Waals surface area contributed by atoms with Crippen LogP contribution in [0.5, 0.6) is 5.88 Å². The maximum absolute atomic E-state index is 12.4.